The fourth-order valence-electron chi connectivity index (χ4n) is 3.17. The first-order valence-corrected chi connectivity index (χ1v) is 6.72. The van der Waals surface area contributed by atoms with Crippen molar-refractivity contribution in [3.05, 3.63) is 34.9 Å². The molecule has 0 saturated heterocycles. The van der Waals surface area contributed by atoms with Gasteiger partial charge in [0.2, 0.25) is 0 Å². The molecule has 1 unspecified atom stereocenters. The molecule has 106 valence electrons. The molecule has 1 atom stereocenters. The number of aryl methyl sites for hydroxylation is 1. The van der Waals surface area contributed by atoms with Crippen molar-refractivity contribution in [2.45, 2.75) is 44.2 Å². The fraction of sp³-hybridized carbons (Fsp3) is 0.600. The van der Waals surface area contributed by atoms with Crippen LogP contribution in [0, 0.1) is 18.6 Å². The molecule has 2 rings (SSSR count). The molecule has 0 aliphatic heterocycles. The standard InChI is InChI=1S/C15H21F2NO/c1-10-6-7-11(13(17)12(10)16)14(18-2)15(19-3)8-4-5-9-15/h6-7,14,18H,4-5,8-9H2,1-3H3. The molecular formula is C15H21F2NO. The van der Waals surface area contributed by atoms with Gasteiger partial charge < -0.3 is 10.1 Å². The van der Waals surface area contributed by atoms with Crippen molar-refractivity contribution in [3.8, 4) is 0 Å². The van der Waals surface area contributed by atoms with Crippen molar-refractivity contribution in [2.75, 3.05) is 14.2 Å². The van der Waals surface area contributed by atoms with Gasteiger partial charge in [0.25, 0.3) is 0 Å². The Hall–Kier alpha value is -1.00. The van der Waals surface area contributed by atoms with E-state index in [0.29, 0.717) is 11.1 Å². The summed E-state index contributed by atoms with van der Waals surface area (Å²) < 4.78 is 33.6. The largest absolute Gasteiger partial charge is 0.376 e. The van der Waals surface area contributed by atoms with Crippen molar-refractivity contribution in [1.29, 1.82) is 0 Å². The number of hydrogen-bond acceptors (Lipinski definition) is 2. The van der Waals surface area contributed by atoms with Gasteiger partial charge in [0, 0.05) is 12.7 Å². The Morgan fingerprint density at radius 1 is 1.21 bits per heavy atom. The molecule has 1 aliphatic rings. The minimum absolute atomic E-state index is 0.324. The number of halogens is 2. The molecule has 0 aromatic heterocycles. The molecule has 0 radical (unpaired) electrons. The fourth-order valence-corrected chi connectivity index (χ4v) is 3.17. The van der Waals surface area contributed by atoms with Gasteiger partial charge >= 0.3 is 0 Å². The SMILES string of the molecule is CNC(c1ccc(C)c(F)c1F)C1(OC)CCCC1. The van der Waals surface area contributed by atoms with E-state index in [1.807, 2.05) is 0 Å². The molecule has 0 amide bonds. The Labute approximate surface area is 113 Å². The van der Waals surface area contributed by atoms with E-state index in [4.69, 9.17) is 4.74 Å². The molecule has 0 bridgehead atoms. The summed E-state index contributed by atoms with van der Waals surface area (Å²) >= 11 is 0. The Kier molecular flexibility index (Phi) is 4.21. The van der Waals surface area contributed by atoms with Crippen LogP contribution >= 0.6 is 0 Å². The highest BCUT2D eigenvalue weighted by Crippen LogP contribution is 2.43. The quantitative estimate of drug-likeness (QED) is 0.903. The van der Waals surface area contributed by atoms with Crippen LogP contribution in [0.5, 0.6) is 0 Å². The van der Waals surface area contributed by atoms with Gasteiger partial charge in [-0.1, -0.05) is 25.0 Å². The lowest BCUT2D eigenvalue weighted by molar-refractivity contribution is -0.0358. The van der Waals surface area contributed by atoms with Gasteiger partial charge in [-0.15, -0.1) is 0 Å². The van der Waals surface area contributed by atoms with Crippen molar-refractivity contribution >= 4 is 0 Å². The number of benzene rings is 1. The van der Waals surface area contributed by atoms with Crippen LogP contribution in [0.15, 0.2) is 12.1 Å². The van der Waals surface area contributed by atoms with Gasteiger partial charge in [0.15, 0.2) is 11.6 Å². The zero-order valence-corrected chi connectivity index (χ0v) is 11.7. The molecule has 0 heterocycles. The highest BCUT2D eigenvalue weighted by molar-refractivity contribution is 5.30. The predicted molar refractivity (Wildman–Crippen MR) is 71.1 cm³/mol. The van der Waals surface area contributed by atoms with E-state index >= 15 is 0 Å². The summed E-state index contributed by atoms with van der Waals surface area (Å²) in [7, 11) is 3.42. The molecule has 0 spiro atoms. The maximum Gasteiger partial charge on any atom is 0.163 e. The third-order valence-electron chi connectivity index (χ3n) is 4.29. The van der Waals surface area contributed by atoms with Gasteiger partial charge in [0.05, 0.1) is 11.6 Å². The lowest BCUT2D eigenvalue weighted by atomic mass is 9.86. The third kappa shape index (κ3) is 2.39. The Bertz CT molecular complexity index is 456. The maximum absolute atomic E-state index is 14.2. The summed E-state index contributed by atoms with van der Waals surface area (Å²) in [4.78, 5) is 0. The maximum atomic E-state index is 14.2. The number of rotatable bonds is 4. The van der Waals surface area contributed by atoms with Crippen LogP contribution in [0.4, 0.5) is 8.78 Å². The topological polar surface area (TPSA) is 21.3 Å². The Balaban J connectivity index is 2.45. The average molecular weight is 269 g/mol. The second-order valence-electron chi connectivity index (χ2n) is 5.30. The Morgan fingerprint density at radius 3 is 2.37 bits per heavy atom. The first kappa shape index (κ1) is 14.4. The number of likely N-dealkylation sites (N-methyl/N-ethyl adjacent to an activating group) is 1. The highest BCUT2D eigenvalue weighted by atomic mass is 19.2. The van der Waals surface area contributed by atoms with Gasteiger partial charge in [-0.05, 0) is 32.4 Å². The molecule has 19 heavy (non-hydrogen) atoms. The first-order valence-electron chi connectivity index (χ1n) is 6.72. The van der Waals surface area contributed by atoms with Gasteiger partial charge in [-0.25, -0.2) is 8.78 Å². The van der Waals surface area contributed by atoms with Crippen molar-refractivity contribution in [1.82, 2.24) is 5.32 Å². The summed E-state index contributed by atoms with van der Waals surface area (Å²) in [6.45, 7) is 1.57. The number of hydrogen-bond donors (Lipinski definition) is 1. The van der Waals surface area contributed by atoms with E-state index < -0.39 is 17.2 Å². The summed E-state index contributed by atoms with van der Waals surface area (Å²) in [5, 5.41) is 3.11. The smallest absolute Gasteiger partial charge is 0.163 e. The molecule has 1 fully saturated rings. The van der Waals surface area contributed by atoms with E-state index in [1.54, 1.807) is 33.2 Å². The molecular weight excluding hydrogens is 248 g/mol. The lowest BCUT2D eigenvalue weighted by Gasteiger charge is -2.36. The number of nitrogens with one attached hydrogen (secondary N) is 1. The van der Waals surface area contributed by atoms with Crippen molar-refractivity contribution in [2.24, 2.45) is 0 Å². The van der Waals surface area contributed by atoms with Crippen molar-refractivity contribution in [3.63, 3.8) is 0 Å². The van der Waals surface area contributed by atoms with Gasteiger partial charge in [0.1, 0.15) is 0 Å². The lowest BCUT2D eigenvalue weighted by Crippen LogP contribution is -2.42. The van der Waals surface area contributed by atoms with E-state index in [-0.39, 0.29) is 6.04 Å². The zero-order chi connectivity index (χ0) is 14.0. The predicted octanol–water partition coefficient (Wildman–Crippen LogP) is 3.49. The minimum Gasteiger partial charge on any atom is -0.376 e. The van der Waals surface area contributed by atoms with Crippen LogP contribution in [0.1, 0.15) is 42.9 Å². The van der Waals surface area contributed by atoms with Crippen LogP contribution in [-0.4, -0.2) is 19.8 Å². The number of ether oxygens (including phenoxy) is 1. The Morgan fingerprint density at radius 2 is 1.84 bits per heavy atom. The molecule has 1 aliphatic carbocycles. The summed E-state index contributed by atoms with van der Waals surface area (Å²) in [6.07, 6.45) is 3.85. The van der Waals surface area contributed by atoms with Gasteiger partial charge in [-0.3, -0.25) is 0 Å². The normalized spacial score (nSPS) is 19.6. The monoisotopic (exact) mass is 269 g/mol. The van der Waals surface area contributed by atoms with Crippen LogP contribution < -0.4 is 5.32 Å². The molecule has 1 saturated carbocycles. The van der Waals surface area contributed by atoms with E-state index in [0.717, 1.165) is 25.7 Å². The number of methoxy groups -OCH3 is 1. The minimum atomic E-state index is -0.762. The van der Waals surface area contributed by atoms with Gasteiger partial charge in [-0.2, -0.15) is 0 Å². The van der Waals surface area contributed by atoms with Crippen molar-refractivity contribution < 1.29 is 13.5 Å². The molecule has 4 heteroatoms. The summed E-state index contributed by atoms with van der Waals surface area (Å²) in [5.41, 5.74) is 0.250. The van der Waals surface area contributed by atoms with Crippen LogP contribution in [0.2, 0.25) is 0 Å². The van der Waals surface area contributed by atoms with E-state index in [2.05, 4.69) is 5.32 Å². The second-order valence-corrected chi connectivity index (χ2v) is 5.30. The van der Waals surface area contributed by atoms with Crippen LogP contribution in [-0.2, 0) is 4.74 Å². The average Bonchev–Trinajstić information content (AvgIpc) is 2.89. The summed E-state index contributed by atoms with van der Waals surface area (Å²) in [5.74, 6) is -1.52. The zero-order valence-electron chi connectivity index (χ0n) is 11.7. The second kappa shape index (κ2) is 5.55. The van der Waals surface area contributed by atoms with E-state index in [1.165, 1.54) is 0 Å². The highest BCUT2D eigenvalue weighted by Gasteiger charge is 2.43. The molecule has 2 nitrogen and oxygen atoms in total. The summed E-state index contributed by atoms with van der Waals surface area (Å²) in [6, 6.07) is 2.96. The third-order valence-corrected chi connectivity index (χ3v) is 4.29. The molecule has 1 aromatic carbocycles. The van der Waals surface area contributed by atoms with Crippen LogP contribution in [0.3, 0.4) is 0 Å². The molecule has 1 aromatic rings. The van der Waals surface area contributed by atoms with E-state index in [9.17, 15) is 8.78 Å². The molecule has 1 N–H and O–H groups in total. The first-order chi connectivity index (χ1) is 9.05. The van der Waals surface area contributed by atoms with Crippen LogP contribution in [0.25, 0.3) is 0 Å².